The third-order valence-electron chi connectivity index (χ3n) is 4.01. The fourth-order valence-electron chi connectivity index (χ4n) is 2.47. The number of terminal acetylenes is 1. The van der Waals surface area contributed by atoms with Crippen LogP contribution in [-0.4, -0.2) is 31.3 Å². The lowest BCUT2D eigenvalue weighted by atomic mass is 10.1. The van der Waals surface area contributed by atoms with E-state index in [0.29, 0.717) is 30.0 Å². The molecule has 2 N–H and O–H groups in total. The summed E-state index contributed by atoms with van der Waals surface area (Å²) in [6, 6.07) is 12.5. The van der Waals surface area contributed by atoms with Crippen LogP contribution in [0.3, 0.4) is 0 Å². The molecule has 142 valence electrons. The fourth-order valence-corrected chi connectivity index (χ4v) is 2.69. The molecule has 1 atom stereocenters. The molecule has 0 bridgehead atoms. The second kappa shape index (κ2) is 9.36. The predicted octanol–water partition coefficient (Wildman–Crippen LogP) is 2.45. The maximum Gasteiger partial charge on any atom is 0.267 e. The van der Waals surface area contributed by atoms with Crippen molar-refractivity contribution in [3.05, 3.63) is 59.2 Å². The van der Waals surface area contributed by atoms with Crippen molar-refractivity contribution in [1.82, 2.24) is 5.32 Å². The van der Waals surface area contributed by atoms with E-state index in [1.165, 1.54) is 0 Å². The summed E-state index contributed by atoms with van der Waals surface area (Å²) in [5.74, 6) is 2.96. The van der Waals surface area contributed by atoms with Crippen molar-refractivity contribution in [2.24, 2.45) is 0 Å². The molecule has 1 amide bonds. The van der Waals surface area contributed by atoms with Gasteiger partial charge in [-0.3, -0.25) is 4.79 Å². The summed E-state index contributed by atoms with van der Waals surface area (Å²) in [6.45, 7) is 2.42. The number of aliphatic hydroxyl groups is 1. The Balaban J connectivity index is 1.96. The number of nitrogens with one attached hydrogen (secondary N) is 1. The Bertz CT molecular complexity index is 825. The Hall–Kier alpha value is -2.62. The highest BCUT2D eigenvalue weighted by atomic mass is 32.1. The van der Waals surface area contributed by atoms with E-state index >= 15 is 0 Å². The van der Waals surface area contributed by atoms with Gasteiger partial charge in [-0.25, -0.2) is 0 Å². The van der Waals surface area contributed by atoms with Crippen LogP contribution < -0.4 is 14.8 Å². The zero-order valence-corrected chi connectivity index (χ0v) is 16.3. The summed E-state index contributed by atoms with van der Waals surface area (Å²) in [5.41, 5.74) is 2.40. The van der Waals surface area contributed by atoms with Gasteiger partial charge in [0.2, 0.25) is 4.93 Å². The molecule has 0 aliphatic rings. The zero-order chi connectivity index (χ0) is 19.9. The van der Waals surface area contributed by atoms with E-state index in [1.807, 2.05) is 31.2 Å². The predicted molar refractivity (Wildman–Crippen MR) is 108 cm³/mol. The minimum atomic E-state index is -1.89. The van der Waals surface area contributed by atoms with E-state index in [-0.39, 0.29) is 6.61 Å². The molecule has 0 heterocycles. The SMILES string of the molecule is C#CCOc1ccc(CCNC(=O)C(O)(S)c2ccc(C)cc2)cc1OC. The lowest BCUT2D eigenvalue weighted by Crippen LogP contribution is -2.41. The Labute approximate surface area is 165 Å². The third-order valence-corrected chi connectivity index (χ3v) is 4.47. The highest BCUT2D eigenvalue weighted by molar-refractivity contribution is 7.82. The highest BCUT2D eigenvalue weighted by Gasteiger charge is 2.33. The van der Waals surface area contributed by atoms with Crippen molar-refractivity contribution in [3.8, 4) is 23.8 Å². The van der Waals surface area contributed by atoms with Crippen molar-refractivity contribution < 1.29 is 19.4 Å². The first-order valence-electron chi connectivity index (χ1n) is 8.42. The van der Waals surface area contributed by atoms with Crippen LogP contribution in [0.4, 0.5) is 0 Å². The van der Waals surface area contributed by atoms with Crippen LogP contribution in [0.25, 0.3) is 0 Å². The second-order valence-corrected chi connectivity index (χ2v) is 6.67. The van der Waals surface area contributed by atoms with Gasteiger partial charge >= 0.3 is 0 Å². The summed E-state index contributed by atoms with van der Waals surface area (Å²) in [6.07, 6.45) is 5.74. The molecule has 0 fully saturated rings. The van der Waals surface area contributed by atoms with Crippen LogP contribution in [0.5, 0.6) is 11.5 Å². The van der Waals surface area contributed by atoms with Crippen LogP contribution >= 0.6 is 12.6 Å². The molecule has 5 nitrogen and oxygen atoms in total. The molecule has 0 saturated carbocycles. The van der Waals surface area contributed by atoms with Gasteiger partial charge in [-0.05, 0) is 31.0 Å². The monoisotopic (exact) mass is 385 g/mol. The van der Waals surface area contributed by atoms with Gasteiger partial charge in [0.1, 0.15) is 6.61 Å². The molecule has 0 aliphatic carbocycles. The number of rotatable bonds is 8. The maximum atomic E-state index is 12.3. The van der Waals surface area contributed by atoms with E-state index in [2.05, 4.69) is 23.9 Å². The smallest absolute Gasteiger partial charge is 0.267 e. The molecular formula is C21H23NO4S. The first-order chi connectivity index (χ1) is 12.9. The zero-order valence-electron chi connectivity index (χ0n) is 15.4. The number of aryl methyl sites for hydroxylation is 1. The van der Waals surface area contributed by atoms with Gasteiger partial charge in [-0.15, -0.1) is 19.1 Å². The molecule has 0 aliphatic heterocycles. The normalized spacial score (nSPS) is 12.6. The van der Waals surface area contributed by atoms with Crippen LogP contribution in [0, 0.1) is 19.3 Å². The molecule has 27 heavy (non-hydrogen) atoms. The van der Waals surface area contributed by atoms with E-state index in [1.54, 1.807) is 25.3 Å². The minimum absolute atomic E-state index is 0.158. The van der Waals surface area contributed by atoms with Gasteiger partial charge in [-0.2, -0.15) is 0 Å². The Morgan fingerprint density at radius 3 is 2.59 bits per heavy atom. The fraction of sp³-hybridized carbons (Fsp3) is 0.286. The number of carbonyl (C=O) groups excluding carboxylic acids is 1. The molecule has 0 spiro atoms. The topological polar surface area (TPSA) is 67.8 Å². The van der Waals surface area contributed by atoms with Crippen molar-refractivity contribution >= 4 is 18.5 Å². The number of carbonyl (C=O) groups is 1. The van der Waals surface area contributed by atoms with Gasteiger partial charge in [-0.1, -0.05) is 41.8 Å². The van der Waals surface area contributed by atoms with Gasteiger partial charge < -0.3 is 19.9 Å². The average Bonchev–Trinajstić information content (AvgIpc) is 2.67. The van der Waals surface area contributed by atoms with E-state index in [0.717, 1.165) is 11.1 Å². The van der Waals surface area contributed by atoms with E-state index in [9.17, 15) is 9.90 Å². The van der Waals surface area contributed by atoms with Gasteiger partial charge in [0.05, 0.1) is 7.11 Å². The van der Waals surface area contributed by atoms with Crippen LogP contribution in [0.15, 0.2) is 42.5 Å². The Kier molecular flexibility index (Phi) is 7.17. The number of methoxy groups -OCH3 is 1. The first-order valence-corrected chi connectivity index (χ1v) is 8.86. The average molecular weight is 385 g/mol. The first kappa shape index (κ1) is 20.7. The molecule has 6 heteroatoms. The summed E-state index contributed by atoms with van der Waals surface area (Å²) in [4.78, 5) is 10.4. The number of thiol groups is 1. The number of benzene rings is 2. The maximum absolute atomic E-state index is 12.3. The lowest BCUT2D eigenvalue weighted by Gasteiger charge is -2.22. The van der Waals surface area contributed by atoms with Crippen molar-refractivity contribution in [2.45, 2.75) is 18.3 Å². The molecule has 0 aromatic heterocycles. The summed E-state index contributed by atoms with van der Waals surface area (Å²) < 4.78 is 10.7. The van der Waals surface area contributed by atoms with Crippen molar-refractivity contribution in [3.63, 3.8) is 0 Å². The largest absolute Gasteiger partial charge is 0.493 e. The van der Waals surface area contributed by atoms with E-state index < -0.39 is 10.8 Å². The standard InChI is InChI=1S/C21H23NO4S/c1-4-13-26-18-10-7-16(14-19(18)25-3)11-12-22-20(23)21(24,27)17-8-5-15(2)6-9-17/h1,5-10,14,24,27H,11-13H2,2-3H3,(H,22,23). The summed E-state index contributed by atoms with van der Waals surface area (Å²) in [7, 11) is 1.55. The summed E-state index contributed by atoms with van der Waals surface area (Å²) in [5, 5.41) is 13.1. The Morgan fingerprint density at radius 2 is 1.96 bits per heavy atom. The molecule has 2 aromatic carbocycles. The van der Waals surface area contributed by atoms with Crippen molar-refractivity contribution in [2.75, 3.05) is 20.3 Å². The molecule has 2 rings (SSSR count). The van der Waals surface area contributed by atoms with Gasteiger partial charge in [0.15, 0.2) is 11.5 Å². The molecule has 0 saturated heterocycles. The van der Waals surface area contributed by atoms with Crippen LogP contribution in [0.1, 0.15) is 16.7 Å². The highest BCUT2D eigenvalue weighted by Crippen LogP contribution is 2.28. The van der Waals surface area contributed by atoms with Crippen LogP contribution in [0.2, 0.25) is 0 Å². The number of ether oxygens (including phenoxy) is 2. The second-order valence-electron chi connectivity index (χ2n) is 6.02. The number of amides is 1. The molecule has 0 radical (unpaired) electrons. The Morgan fingerprint density at radius 1 is 1.26 bits per heavy atom. The number of hydrogen-bond donors (Lipinski definition) is 3. The molecular weight excluding hydrogens is 362 g/mol. The summed E-state index contributed by atoms with van der Waals surface area (Å²) >= 11 is 4.13. The molecule has 1 unspecified atom stereocenters. The molecule has 2 aromatic rings. The van der Waals surface area contributed by atoms with Gasteiger partial charge in [0, 0.05) is 12.1 Å². The quantitative estimate of drug-likeness (QED) is 0.371. The third kappa shape index (κ3) is 5.43. The van der Waals surface area contributed by atoms with Gasteiger partial charge in [0.25, 0.3) is 5.91 Å². The van der Waals surface area contributed by atoms with E-state index in [4.69, 9.17) is 15.9 Å². The lowest BCUT2D eigenvalue weighted by molar-refractivity contribution is -0.132. The van der Waals surface area contributed by atoms with Crippen LogP contribution in [-0.2, 0) is 16.1 Å². The van der Waals surface area contributed by atoms with Crippen molar-refractivity contribution in [1.29, 1.82) is 0 Å². The number of hydrogen-bond acceptors (Lipinski definition) is 5. The minimum Gasteiger partial charge on any atom is -0.493 e.